The third-order valence-electron chi connectivity index (χ3n) is 13.3. The van der Waals surface area contributed by atoms with E-state index in [1.807, 2.05) is 56.3 Å². The van der Waals surface area contributed by atoms with Gasteiger partial charge < -0.3 is 29.8 Å². The van der Waals surface area contributed by atoms with Crippen LogP contribution < -0.4 is 0 Å². The average molecular weight is 809 g/mol. The number of imidazole rings is 2. The number of H-pyrrole nitrogens is 2. The van der Waals surface area contributed by atoms with Gasteiger partial charge in [-0.15, -0.1) is 0 Å². The molecular weight excluding hydrogens is 753 g/mol. The molecule has 12 nitrogen and oxygen atoms in total. The summed E-state index contributed by atoms with van der Waals surface area (Å²) in [5.74, 6) is 1.45. The Bertz CT molecular complexity index is 2310. The van der Waals surface area contributed by atoms with Gasteiger partial charge in [-0.05, 0) is 84.8 Å². The Morgan fingerprint density at radius 3 is 1.70 bits per heavy atom. The molecule has 4 fully saturated rings. The average Bonchev–Trinajstić information content (AvgIpc) is 4.08. The molecule has 4 aliphatic heterocycles. The minimum absolute atomic E-state index is 0.0175. The van der Waals surface area contributed by atoms with Gasteiger partial charge in [0, 0.05) is 19.6 Å². The second-order valence-corrected chi connectivity index (χ2v) is 18.2. The number of benzene rings is 3. The van der Waals surface area contributed by atoms with Gasteiger partial charge in [-0.2, -0.15) is 0 Å². The fourth-order valence-corrected chi connectivity index (χ4v) is 10.3. The summed E-state index contributed by atoms with van der Waals surface area (Å²) in [6.45, 7) is 9.50. The number of hydrogen-bond acceptors (Lipinski definition) is 6. The first-order valence-electron chi connectivity index (χ1n) is 21.8. The zero-order chi connectivity index (χ0) is 41.5. The lowest BCUT2D eigenvalue weighted by Crippen LogP contribution is -2.67. The molecule has 312 valence electrons. The van der Waals surface area contributed by atoms with Crippen LogP contribution in [0.2, 0.25) is 0 Å². The summed E-state index contributed by atoms with van der Waals surface area (Å²) in [7, 11) is 0. The van der Waals surface area contributed by atoms with Crippen molar-refractivity contribution >= 4 is 17.9 Å². The molecule has 2 aromatic heterocycles. The highest BCUT2D eigenvalue weighted by Crippen LogP contribution is 2.42. The molecule has 3 aromatic carbocycles. The van der Waals surface area contributed by atoms with E-state index in [0.717, 1.165) is 109 Å². The molecule has 0 spiro atoms. The van der Waals surface area contributed by atoms with Crippen molar-refractivity contribution in [2.24, 2.45) is 11.3 Å². The van der Waals surface area contributed by atoms with Gasteiger partial charge in [-0.3, -0.25) is 14.5 Å². The lowest BCUT2D eigenvalue weighted by atomic mass is 9.71. The number of likely N-dealkylation sites (tertiary alicyclic amines) is 4. The molecule has 0 radical (unpaired) electrons. The third kappa shape index (κ3) is 7.61. The molecule has 9 rings (SSSR count). The number of carbonyl (C=O) groups is 3. The van der Waals surface area contributed by atoms with Crippen LogP contribution in [-0.2, 0) is 9.59 Å². The minimum Gasteiger partial charge on any atom is -0.465 e. The van der Waals surface area contributed by atoms with Crippen LogP contribution in [0.5, 0.6) is 0 Å². The van der Waals surface area contributed by atoms with Crippen LogP contribution in [-0.4, -0.2) is 101 Å². The maximum atomic E-state index is 14.4. The van der Waals surface area contributed by atoms with E-state index in [2.05, 4.69) is 80.4 Å². The van der Waals surface area contributed by atoms with Crippen LogP contribution in [0.25, 0.3) is 33.6 Å². The number of carbonyl (C=O) groups excluding carboxylic acids is 2. The molecule has 5 atom stereocenters. The molecule has 4 aliphatic rings. The fraction of sp³-hybridized carbons (Fsp3) is 0.438. The predicted octanol–water partition coefficient (Wildman–Crippen LogP) is 8.71. The second-order valence-electron chi connectivity index (χ2n) is 18.2. The van der Waals surface area contributed by atoms with E-state index in [-0.39, 0.29) is 53.9 Å². The minimum atomic E-state index is -0.971. The Balaban J connectivity index is 0.852. The van der Waals surface area contributed by atoms with Crippen molar-refractivity contribution in [3.8, 4) is 33.6 Å². The SMILES string of the molecule is CC(C)(C)C1C(C(=O)N2CCC[C@H]2c2ncc(-c3ccc(-c4ccc(-c5cnc([C@@H]6CCCN6C(=O)[C@@H](c6ccccc6)N6CCCCC6)[nH]5)cc4)cc3)[nH]2)CN1C(=O)O. The Morgan fingerprint density at radius 1 is 0.650 bits per heavy atom. The molecule has 2 unspecified atom stereocenters. The largest absolute Gasteiger partial charge is 0.465 e. The summed E-state index contributed by atoms with van der Waals surface area (Å²) >= 11 is 0. The van der Waals surface area contributed by atoms with Gasteiger partial charge in [-0.1, -0.05) is 106 Å². The molecule has 6 heterocycles. The molecular formula is C48H56N8O4. The highest BCUT2D eigenvalue weighted by molar-refractivity contribution is 5.85. The van der Waals surface area contributed by atoms with Gasteiger partial charge in [0.25, 0.3) is 0 Å². The first-order valence-corrected chi connectivity index (χ1v) is 21.8. The highest BCUT2D eigenvalue weighted by Gasteiger charge is 2.54. The Morgan fingerprint density at radius 2 is 1.17 bits per heavy atom. The summed E-state index contributed by atoms with van der Waals surface area (Å²) in [6, 6.07) is 26.3. The van der Waals surface area contributed by atoms with Crippen LogP contribution in [0, 0.1) is 11.3 Å². The first-order chi connectivity index (χ1) is 29.0. The van der Waals surface area contributed by atoms with Gasteiger partial charge >= 0.3 is 6.09 Å². The maximum absolute atomic E-state index is 14.4. The number of aromatic amines is 2. The number of carboxylic acid groups (broad SMARTS) is 1. The van der Waals surface area contributed by atoms with Gasteiger partial charge in [0.15, 0.2) is 0 Å². The molecule has 3 N–H and O–H groups in total. The second kappa shape index (κ2) is 16.4. The molecule has 5 aromatic rings. The quantitative estimate of drug-likeness (QED) is 0.135. The number of piperidine rings is 1. The summed E-state index contributed by atoms with van der Waals surface area (Å²) < 4.78 is 0. The van der Waals surface area contributed by atoms with Crippen molar-refractivity contribution in [1.82, 2.24) is 39.5 Å². The smallest absolute Gasteiger partial charge is 0.407 e. The zero-order valence-corrected chi connectivity index (χ0v) is 34.9. The molecule has 0 aliphatic carbocycles. The Hall–Kier alpha value is -5.75. The van der Waals surface area contributed by atoms with Crippen LogP contribution in [0.15, 0.2) is 91.3 Å². The van der Waals surface area contributed by atoms with Crippen LogP contribution in [0.1, 0.15) is 101 Å². The van der Waals surface area contributed by atoms with Gasteiger partial charge in [0.2, 0.25) is 11.8 Å². The Labute approximate surface area is 352 Å². The third-order valence-corrected chi connectivity index (χ3v) is 13.3. The van der Waals surface area contributed by atoms with Gasteiger partial charge in [-0.25, -0.2) is 14.8 Å². The lowest BCUT2D eigenvalue weighted by molar-refractivity contribution is -0.150. The molecule has 12 heteroatoms. The topological polar surface area (TPSA) is 142 Å². The number of hydrogen-bond donors (Lipinski definition) is 3. The number of nitrogens with one attached hydrogen (secondary N) is 2. The summed E-state index contributed by atoms with van der Waals surface area (Å²) in [6.07, 6.45) is 9.77. The van der Waals surface area contributed by atoms with Crippen molar-refractivity contribution in [1.29, 1.82) is 0 Å². The summed E-state index contributed by atoms with van der Waals surface area (Å²) in [5.41, 5.74) is 6.78. The fourth-order valence-electron chi connectivity index (χ4n) is 10.3. The highest BCUT2D eigenvalue weighted by atomic mass is 16.4. The Kier molecular flexibility index (Phi) is 10.8. The van der Waals surface area contributed by atoms with Crippen molar-refractivity contribution in [3.05, 3.63) is 108 Å². The van der Waals surface area contributed by atoms with E-state index < -0.39 is 6.09 Å². The molecule has 0 bridgehead atoms. The standard InChI is InChI=1S/C48H56N8O4/c1-48(2,3)42-36(30-56(42)47(59)60)45(57)54-26-10-14-39(54)43-49-28-37(51-43)33-20-16-31(17-21-33)32-18-22-34(23-19-32)38-29-50-44(52-38)40-15-11-27-55(40)46(58)41(35-12-6-4-7-13-35)53-24-8-5-9-25-53/h4,6-7,12-13,16-23,28-29,36,39-42H,5,8-11,14-15,24-27,30H2,1-3H3,(H,49,51)(H,50,52)(H,59,60)/t36?,39-,40-,41+,42?/m0/s1. The van der Waals surface area contributed by atoms with Crippen molar-refractivity contribution < 1.29 is 19.5 Å². The number of amides is 3. The first kappa shape index (κ1) is 39.7. The number of aromatic nitrogens is 4. The van der Waals surface area contributed by atoms with Crippen molar-refractivity contribution in [3.63, 3.8) is 0 Å². The van der Waals surface area contributed by atoms with Crippen LogP contribution in [0.4, 0.5) is 4.79 Å². The van der Waals surface area contributed by atoms with Crippen molar-refractivity contribution in [2.75, 3.05) is 32.7 Å². The zero-order valence-electron chi connectivity index (χ0n) is 34.9. The number of rotatable bonds is 9. The normalized spacial score (nSPS) is 22.8. The molecule has 3 amide bonds. The summed E-state index contributed by atoms with van der Waals surface area (Å²) in [5, 5.41) is 9.70. The van der Waals surface area contributed by atoms with E-state index in [1.165, 1.54) is 11.3 Å². The molecule has 0 saturated carbocycles. The maximum Gasteiger partial charge on any atom is 0.407 e. The van der Waals surface area contributed by atoms with Gasteiger partial charge in [0.1, 0.15) is 17.7 Å². The van der Waals surface area contributed by atoms with E-state index in [0.29, 0.717) is 6.54 Å². The number of nitrogens with zero attached hydrogens (tertiary/aromatic N) is 6. The lowest BCUT2D eigenvalue weighted by Gasteiger charge is -2.52. The van der Waals surface area contributed by atoms with Crippen LogP contribution in [0.3, 0.4) is 0 Å². The molecule has 4 saturated heterocycles. The van der Waals surface area contributed by atoms with Crippen LogP contribution >= 0.6 is 0 Å². The van der Waals surface area contributed by atoms with E-state index in [1.54, 1.807) is 0 Å². The predicted molar refractivity (Wildman–Crippen MR) is 230 cm³/mol. The monoisotopic (exact) mass is 808 g/mol. The van der Waals surface area contributed by atoms with Crippen molar-refractivity contribution in [2.45, 2.75) is 89.9 Å². The van der Waals surface area contributed by atoms with E-state index in [4.69, 9.17) is 9.97 Å². The van der Waals surface area contributed by atoms with E-state index >= 15 is 0 Å². The van der Waals surface area contributed by atoms with E-state index in [9.17, 15) is 19.5 Å². The summed E-state index contributed by atoms with van der Waals surface area (Å²) in [4.78, 5) is 64.4. The molecule has 60 heavy (non-hydrogen) atoms. The van der Waals surface area contributed by atoms with Gasteiger partial charge in [0.05, 0.1) is 47.8 Å².